The van der Waals surface area contributed by atoms with Gasteiger partial charge in [0.1, 0.15) is 5.01 Å². The molecule has 0 atom stereocenters. The second kappa shape index (κ2) is 5.93. The van der Waals surface area contributed by atoms with Gasteiger partial charge in [-0.15, -0.1) is 11.3 Å². The lowest BCUT2D eigenvalue weighted by Gasteiger charge is -2.04. The molecule has 0 aliphatic heterocycles. The molecular weight excluding hydrogens is 287 g/mol. The maximum absolute atomic E-state index is 13.2. The number of aromatic hydroxyl groups is 1. The van der Waals surface area contributed by atoms with E-state index in [2.05, 4.69) is 10.3 Å². The van der Waals surface area contributed by atoms with Crippen LogP contribution in [0, 0.1) is 5.82 Å². The van der Waals surface area contributed by atoms with Crippen molar-refractivity contribution in [2.24, 2.45) is 0 Å². The number of nitrogens with zero attached hydrogens (tertiary/aromatic N) is 1. The summed E-state index contributed by atoms with van der Waals surface area (Å²) in [6.07, 6.45) is 0. The third-order valence-electron chi connectivity index (χ3n) is 3.01. The minimum absolute atomic E-state index is 0.346. The maximum atomic E-state index is 13.2. The summed E-state index contributed by atoms with van der Waals surface area (Å²) in [5, 5.41) is 15.2. The SMILES string of the molecule is Oc1ccc(NCc2nc(-c3ccccc3)cs2)cc1F. The van der Waals surface area contributed by atoms with E-state index >= 15 is 0 Å². The molecule has 0 saturated carbocycles. The van der Waals surface area contributed by atoms with Crippen molar-refractivity contribution in [3.05, 3.63) is 64.7 Å². The van der Waals surface area contributed by atoms with Crippen LogP contribution in [0.4, 0.5) is 10.1 Å². The summed E-state index contributed by atoms with van der Waals surface area (Å²) in [6.45, 7) is 0.516. The van der Waals surface area contributed by atoms with E-state index in [-0.39, 0.29) is 5.75 Å². The molecule has 1 aromatic heterocycles. The van der Waals surface area contributed by atoms with Crippen LogP contribution >= 0.6 is 11.3 Å². The average Bonchev–Trinajstić information content (AvgIpc) is 2.98. The Hall–Kier alpha value is -2.40. The van der Waals surface area contributed by atoms with Crippen LogP contribution in [0.5, 0.6) is 5.75 Å². The zero-order valence-electron chi connectivity index (χ0n) is 11.1. The molecule has 2 N–H and O–H groups in total. The summed E-state index contributed by atoms with van der Waals surface area (Å²) in [6, 6.07) is 14.2. The normalized spacial score (nSPS) is 10.5. The van der Waals surface area contributed by atoms with Gasteiger partial charge < -0.3 is 10.4 Å². The second-order valence-corrected chi connectivity index (χ2v) is 5.45. The minimum atomic E-state index is -0.635. The molecule has 0 radical (unpaired) electrons. The quantitative estimate of drug-likeness (QED) is 0.707. The number of phenols is 1. The lowest BCUT2D eigenvalue weighted by atomic mass is 10.2. The zero-order valence-corrected chi connectivity index (χ0v) is 11.9. The van der Waals surface area contributed by atoms with Gasteiger partial charge in [-0.05, 0) is 12.1 Å². The Morgan fingerprint density at radius 2 is 1.95 bits per heavy atom. The largest absolute Gasteiger partial charge is 0.505 e. The molecule has 0 saturated heterocycles. The summed E-state index contributed by atoms with van der Waals surface area (Å²) in [7, 11) is 0. The Labute approximate surface area is 125 Å². The van der Waals surface area contributed by atoms with Crippen LogP contribution in [0.3, 0.4) is 0 Å². The Morgan fingerprint density at radius 1 is 1.14 bits per heavy atom. The molecule has 106 valence electrons. The number of rotatable bonds is 4. The van der Waals surface area contributed by atoms with Crippen molar-refractivity contribution in [1.82, 2.24) is 4.98 Å². The number of anilines is 1. The first-order valence-electron chi connectivity index (χ1n) is 6.44. The number of hydrogen-bond donors (Lipinski definition) is 2. The van der Waals surface area contributed by atoms with Crippen LogP contribution in [0.15, 0.2) is 53.9 Å². The van der Waals surface area contributed by atoms with Crippen molar-refractivity contribution < 1.29 is 9.50 Å². The van der Waals surface area contributed by atoms with Gasteiger partial charge >= 0.3 is 0 Å². The molecule has 0 aliphatic carbocycles. The zero-order chi connectivity index (χ0) is 14.7. The summed E-state index contributed by atoms with van der Waals surface area (Å²) in [4.78, 5) is 4.55. The van der Waals surface area contributed by atoms with Gasteiger partial charge in [-0.25, -0.2) is 9.37 Å². The minimum Gasteiger partial charge on any atom is -0.505 e. The van der Waals surface area contributed by atoms with Gasteiger partial charge in [0.05, 0.1) is 12.2 Å². The van der Waals surface area contributed by atoms with Gasteiger partial charge in [0.25, 0.3) is 0 Å². The summed E-state index contributed by atoms with van der Waals surface area (Å²) in [5.74, 6) is -0.981. The number of hydrogen-bond acceptors (Lipinski definition) is 4. The third kappa shape index (κ3) is 3.20. The first kappa shape index (κ1) is 13.6. The highest BCUT2D eigenvalue weighted by Crippen LogP contribution is 2.23. The lowest BCUT2D eigenvalue weighted by molar-refractivity contribution is 0.432. The average molecular weight is 300 g/mol. The Bertz CT molecular complexity index is 743. The molecule has 3 rings (SSSR count). The van der Waals surface area contributed by atoms with Crippen LogP contribution < -0.4 is 5.32 Å². The van der Waals surface area contributed by atoms with E-state index in [0.29, 0.717) is 12.2 Å². The molecule has 0 bridgehead atoms. The van der Waals surface area contributed by atoms with Gasteiger partial charge in [-0.1, -0.05) is 30.3 Å². The predicted octanol–water partition coefficient (Wildman–Crippen LogP) is 4.27. The fourth-order valence-corrected chi connectivity index (χ4v) is 2.67. The number of halogens is 1. The third-order valence-corrected chi connectivity index (χ3v) is 3.86. The molecule has 2 aromatic carbocycles. The van der Waals surface area contributed by atoms with E-state index in [9.17, 15) is 4.39 Å². The van der Waals surface area contributed by atoms with E-state index in [0.717, 1.165) is 16.3 Å². The number of thiazole rings is 1. The van der Waals surface area contributed by atoms with Gasteiger partial charge in [0.15, 0.2) is 11.6 Å². The Balaban J connectivity index is 1.69. The van der Waals surface area contributed by atoms with Gasteiger partial charge in [-0.2, -0.15) is 0 Å². The Kier molecular flexibility index (Phi) is 3.83. The fraction of sp³-hybridized carbons (Fsp3) is 0.0625. The van der Waals surface area contributed by atoms with Crippen LogP contribution in [-0.4, -0.2) is 10.1 Å². The summed E-state index contributed by atoms with van der Waals surface area (Å²) in [5.41, 5.74) is 2.63. The van der Waals surface area contributed by atoms with Crippen molar-refractivity contribution in [3.8, 4) is 17.0 Å². The predicted molar refractivity (Wildman–Crippen MR) is 82.9 cm³/mol. The van der Waals surface area contributed by atoms with Crippen molar-refractivity contribution in [2.45, 2.75) is 6.54 Å². The number of benzene rings is 2. The van der Waals surface area contributed by atoms with Crippen LogP contribution in [-0.2, 0) is 6.54 Å². The van der Waals surface area contributed by atoms with Crippen LogP contribution in [0.1, 0.15) is 5.01 Å². The molecule has 1 heterocycles. The van der Waals surface area contributed by atoms with Crippen LogP contribution in [0.2, 0.25) is 0 Å². The fourth-order valence-electron chi connectivity index (χ4n) is 1.93. The van der Waals surface area contributed by atoms with Crippen molar-refractivity contribution >= 4 is 17.0 Å². The number of phenolic OH excluding ortho intramolecular Hbond substituents is 1. The highest BCUT2D eigenvalue weighted by Gasteiger charge is 2.05. The molecule has 0 fully saturated rings. The van der Waals surface area contributed by atoms with Crippen molar-refractivity contribution in [1.29, 1.82) is 0 Å². The summed E-state index contributed by atoms with van der Waals surface area (Å²) < 4.78 is 13.2. The van der Waals surface area contributed by atoms with E-state index < -0.39 is 5.82 Å². The first-order chi connectivity index (χ1) is 10.2. The molecule has 3 nitrogen and oxygen atoms in total. The van der Waals surface area contributed by atoms with E-state index in [4.69, 9.17) is 5.11 Å². The van der Waals surface area contributed by atoms with E-state index in [1.54, 1.807) is 17.4 Å². The monoisotopic (exact) mass is 300 g/mol. The molecule has 0 spiro atoms. The topological polar surface area (TPSA) is 45.1 Å². The van der Waals surface area contributed by atoms with Crippen molar-refractivity contribution in [2.75, 3.05) is 5.32 Å². The van der Waals surface area contributed by atoms with Gasteiger partial charge in [0, 0.05) is 22.7 Å². The maximum Gasteiger partial charge on any atom is 0.166 e. The molecule has 0 unspecified atom stereocenters. The van der Waals surface area contributed by atoms with E-state index in [1.807, 2.05) is 35.7 Å². The smallest absolute Gasteiger partial charge is 0.166 e. The Morgan fingerprint density at radius 3 is 2.71 bits per heavy atom. The summed E-state index contributed by atoms with van der Waals surface area (Å²) >= 11 is 1.55. The molecular formula is C16H13FN2OS. The lowest BCUT2D eigenvalue weighted by Crippen LogP contribution is -1.99. The molecule has 21 heavy (non-hydrogen) atoms. The number of nitrogens with one attached hydrogen (secondary N) is 1. The van der Waals surface area contributed by atoms with Crippen molar-refractivity contribution in [3.63, 3.8) is 0 Å². The van der Waals surface area contributed by atoms with Crippen LogP contribution in [0.25, 0.3) is 11.3 Å². The first-order valence-corrected chi connectivity index (χ1v) is 7.32. The second-order valence-electron chi connectivity index (χ2n) is 4.51. The molecule has 3 aromatic rings. The van der Waals surface area contributed by atoms with Gasteiger partial charge in [0.2, 0.25) is 0 Å². The highest BCUT2D eigenvalue weighted by molar-refractivity contribution is 7.09. The number of aromatic nitrogens is 1. The molecule has 5 heteroatoms. The standard InChI is InChI=1S/C16H13FN2OS/c17-13-8-12(6-7-15(13)20)18-9-16-19-14(10-21-16)11-4-2-1-3-5-11/h1-8,10,18,20H,9H2. The van der Waals surface area contributed by atoms with Gasteiger partial charge in [-0.3, -0.25) is 0 Å². The molecule has 0 aliphatic rings. The van der Waals surface area contributed by atoms with E-state index in [1.165, 1.54) is 12.1 Å². The molecule has 0 amide bonds. The highest BCUT2D eigenvalue weighted by atomic mass is 32.1.